The van der Waals surface area contributed by atoms with Crippen molar-refractivity contribution in [3.05, 3.63) is 23.3 Å². The number of aromatic amines is 1. The Hall–Kier alpha value is -2.31. The Kier molecular flexibility index (Phi) is 3.05. The maximum absolute atomic E-state index is 12.2. The second kappa shape index (κ2) is 4.52. The first-order valence-corrected chi connectivity index (χ1v) is 5.68. The van der Waals surface area contributed by atoms with Gasteiger partial charge in [0.05, 0.1) is 29.0 Å². The van der Waals surface area contributed by atoms with E-state index in [1.54, 1.807) is 4.68 Å². The van der Waals surface area contributed by atoms with Crippen LogP contribution < -0.4 is 11.1 Å². The molecule has 0 fully saturated rings. The fourth-order valence-electron chi connectivity index (χ4n) is 1.80. The first-order chi connectivity index (χ1) is 8.54. The molecule has 0 spiro atoms. The lowest BCUT2D eigenvalue weighted by Crippen LogP contribution is -2.19. The number of nitrogens with one attached hydrogen (secondary N) is 2. The summed E-state index contributed by atoms with van der Waals surface area (Å²) in [5.74, 6) is -0.278. The van der Waals surface area contributed by atoms with Crippen LogP contribution in [0, 0.1) is 13.8 Å². The van der Waals surface area contributed by atoms with Crippen LogP contribution in [0.4, 0.5) is 11.4 Å². The molecule has 0 atom stereocenters. The van der Waals surface area contributed by atoms with Crippen molar-refractivity contribution in [2.24, 2.45) is 0 Å². The highest BCUT2D eigenvalue weighted by atomic mass is 16.2. The van der Waals surface area contributed by atoms with Gasteiger partial charge in [0.25, 0.3) is 5.91 Å². The summed E-state index contributed by atoms with van der Waals surface area (Å²) in [6.45, 7) is 6.15. The number of carbonyl (C=O) groups excluding carboxylic acids is 1. The van der Waals surface area contributed by atoms with Crippen molar-refractivity contribution < 1.29 is 4.79 Å². The van der Waals surface area contributed by atoms with Gasteiger partial charge in [-0.3, -0.25) is 14.6 Å². The fraction of sp³-hybridized carbons (Fsp3) is 0.364. The maximum Gasteiger partial charge on any atom is 0.276 e. The van der Waals surface area contributed by atoms with Crippen LogP contribution >= 0.6 is 0 Å². The van der Waals surface area contributed by atoms with Crippen molar-refractivity contribution in [2.45, 2.75) is 27.3 Å². The molecule has 0 saturated carbocycles. The Balaban J connectivity index is 2.30. The van der Waals surface area contributed by atoms with Gasteiger partial charge in [-0.25, -0.2) is 0 Å². The summed E-state index contributed by atoms with van der Waals surface area (Å²) < 4.78 is 1.56. The Morgan fingerprint density at radius 2 is 2.28 bits per heavy atom. The molecule has 4 N–H and O–H groups in total. The zero-order valence-electron chi connectivity index (χ0n) is 10.6. The van der Waals surface area contributed by atoms with Crippen molar-refractivity contribution in [2.75, 3.05) is 11.1 Å². The summed E-state index contributed by atoms with van der Waals surface area (Å²) in [5, 5.41) is 13.7. The lowest BCUT2D eigenvalue weighted by molar-refractivity contribution is 0.101. The average molecular weight is 248 g/mol. The third kappa shape index (κ3) is 1.94. The van der Waals surface area contributed by atoms with Crippen molar-refractivity contribution in [1.82, 2.24) is 20.0 Å². The number of amides is 1. The average Bonchev–Trinajstić information content (AvgIpc) is 2.86. The number of anilines is 2. The minimum Gasteiger partial charge on any atom is -0.396 e. The molecule has 0 aliphatic carbocycles. The highest BCUT2D eigenvalue weighted by molar-refractivity contribution is 6.06. The molecule has 0 aromatic carbocycles. The molecule has 18 heavy (non-hydrogen) atoms. The maximum atomic E-state index is 12.2. The Bertz CT molecular complexity index is 563. The molecule has 0 aliphatic rings. The van der Waals surface area contributed by atoms with E-state index in [1.807, 2.05) is 20.8 Å². The molecule has 0 unspecified atom stereocenters. The van der Waals surface area contributed by atoms with E-state index in [-0.39, 0.29) is 5.91 Å². The van der Waals surface area contributed by atoms with Gasteiger partial charge in [0, 0.05) is 6.54 Å². The molecule has 2 rings (SSSR count). The number of nitrogen functional groups attached to an aromatic ring is 1. The first kappa shape index (κ1) is 12.2. The van der Waals surface area contributed by atoms with E-state index in [2.05, 4.69) is 20.6 Å². The highest BCUT2D eigenvalue weighted by Crippen LogP contribution is 2.19. The van der Waals surface area contributed by atoms with Gasteiger partial charge in [0.1, 0.15) is 5.69 Å². The fourth-order valence-corrected chi connectivity index (χ4v) is 1.80. The van der Waals surface area contributed by atoms with Crippen LogP contribution in [-0.4, -0.2) is 25.9 Å². The SMILES string of the molecule is CCn1ncc(N)c1C(=O)Nc1c(C)n[nH]c1C. The number of nitrogens with zero attached hydrogens (tertiary/aromatic N) is 3. The summed E-state index contributed by atoms with van der Waals surface area (Å²) in [6.07, 6.45) is 1.48. The van der Waals surface area contributed by atoms with E-state index in [0.717, 1.165) is 11.4 Å². The zero-order valence-corrected chi connectivity index (χ0v) is 10.6. The van der Waals surface area contributed by atoms with Crippen molar-refractivity contribution in [3.8, 4) is 0 Å². The molecule has 0 radical (unpaired) electrons. The van der Waals surface area contributed by atoms with Crippen LogP contribution in [0.25, 0.3) is 0 Å². The lowest BCUT2D eigenvalue weighted by atomic mass is 10.3. The highest BCUT2D eigenvalue weighted by Gasteiger charge is 2.18. The normalized spacial score (nSPS) is 10.6. The molecule has 7 heteroatoms. The Morgan fingerprint density at radius 3 is 2.83 bits per heavy atom. The van der Waals surface area contributed by atoms with Crippen LogP contribution in [0.2, 0.25) is 0 Å². The van der Waals surface area contributed by atoms with Crippen molar-refractivity contribution in [1.29, 1.82) is 0 Å². The third-order valence-corrected chi connectivity index (χ3v) is 2.75. The van der Waals surface area contributed by atoms with E-state index in [4.69, 9.17) is 5.73 Å². The van der Waals surface area contributed by atoms with Gasteiger partial charge >= 0.3 is 0 Å². The van der Waals surface area contributed by atoms with E-state index in [1.165, 1.54) is 6.20 Å². The summed E-state index contributed by atoms with van der Waals surface area (Å²) in [4.78, 5) is 12.2. The topological polar surface area (TPSA) is 102 Å². The zero-order chi connectivity index (χ0) is 13.3. The van der Waals surface area contributed by atoms with Gasteiger partial charge in [0.15, 0.2) is 0 Å². The standard InChI is InChI=1S/C11H16N6O/c1-4-17-10(8(12)5-13-17)11(18)14-9-6(2)15-16-7(9)3/h5H,4,12H2,1-3H3,(H,14,18)(H,15,16). The number of carbonyl (C=O) groups is 1. The minimum absolute atomic E-state index is 0.278. The molecule has 1 amide bonds. The quantitative estimate of drug-likeness (QED) is 0.756. The monoisotopic (exact) mass is 248 g/mol. The number of aryl methyl sites for hydroxylation is 3. The van der Waals surface area contributed by atoms with Crippen LogP contribution in [0.15, 0.2) is 6.20 Å². The van der Waals surface area contributed by atoms with Gasteiger partial charge < -0.3 is 11.1 Å². The molecular formula is C11H16N6O. The van der Waals surface area contributed by atoms with Crippen LogP contribution in [0.3, 0.4) is 0 Å². The predicted octanol–water partition coefficient (Wildman–Crippen LogP) is 1.08. The van der Waals surface area contributed by atoms with E-state index < -0.39 is 0 Å². The minimum atomic E-state index is -0.278. The number of H-pyrrole nitrogens is 1. The summed E-state index contributed by atoms with van der Waals surface area (Å²) in [5.41, 5.74) is 8.73. The van der Waals surface area contributed by atoms with Crippen LogP contribution in [-0.2, 0) is 6.54 Å². The molecular weight excluding hydrogens is 232 g/mol. The van der Waals surface area contributed by atoms with Gasteiger partial charge in [-0.15, -0.1) is 0 Å². The van der Waals surface area contributed by atoms with Crippen LogP contribution in [0.1, 0.15) is 28.8 Å². The Morgan fingerprint density at radius 1 is 1.56 bits per heavy atom. The lowest BCUT2D eigenvalue weighted by Gasteiger charge is -2.07. The number of hydrogen-bond acceptors (Lipinski definition) is 4. The predicted molar refractivity (Wildman–Crippen MR) is 68.3 cm³/mol. The van der Waals surface area contributed by atoms with Crippen molar-refractivity contribution >= 4 is 17.3 Å². The molecule has 7 nitrogen and oxygen atoms in total. The summed E-state index contributed by atoms with van der Waals surface area (Å²) >= 11 is 0. The molecule has 2 heterocycles. The van der Waals surface area contributed by atoms with E-state index in [0.29, 0.717) is 23.6 Å². The molecule has 96 valence electrons. The smallest absolute Gasteiger partial charge is 0.276 e. The largest absolute Gasteiger partial charge is 0.396 e. The Labute approximate surface area is 104 Å². The molecule has 2 aromatic rings. The second-order valence-corrected chi connectivity index (χ2v) is 4.03. The number of rotatable bonds is 3. The van der Waals surface area contributed by atoms with Gasteiger partial charge in [-0.2, -0.15) is 10.2 Å². The second-order valence-electron chi connectivity index (χ2n) is 4.03. The first-order valence-electron chi connectivity index (χ1n) is 5.68. The number of nitrogens with two attached hydrogens (primary N) is 1. The number of aromatic nitrogens is 4. The number of hydrogen-bond donors (Lipinski definition) is 3. The molecule has 0 saturated heterocycles. The van der Waals surface area contributed by atoms with E-state index >= 15 is 0 Å². The van der Waals surface area contributed by atoms with Gasteiger partial charge in [-0.1, -0.05) is 0 Å². The van der Waals surface area contributed by atoms with E-state index in [9.17, 15) is 4.79 Å². The van der Waals surface area contributed by atoms with Gasteiger partial charge in [-0.05, 0) is 20.8 Å². The molecule has 0 bridgehead atoms. The third-order valence-electron chi connectivity index (χ3n) is 2.75. The van der Waals surface area contributed by atoms with Crippen molar-refractivity contribution in [3.63, 3.8) is 0 Å². The summed E-state index contributed by atoms with van der Waals surface area (Å²) in [7, 11) is 0. The molecule has 0 aliphatic heterocycles. The van der Waals surface area contributed by atoms with Crippen LogP contribution in [0.5, 0.6) is 0 Å². The molecule has 2 aromatic heterocycles. The summed E-state index contributed by atoms with van der Waals surface area (Å²) in [6, 6.07) is 0. The van der Waals surface area contributed by atoms with Gasteiger partial charge in [0.2, 0.25) is 0 Å².